The first-order valence-corrected chi connectivity index (χ1v) is 7.09. The van der Waals surface area contributed by atoms with Gasteiger partial charge in [0.25, 0.3) is 6.92 Å². The molecule has 1 saturated carbocycles. The van der Waals surface area contributed by atoms with E-state index in [0.717, 1.165) is 11.6 Å². The fourth-order valence-electron chi connectivity index (χ4n) is 4.08. The van der Waals surface area contributed by atoms with Crippen LogP contribution in [0.2, 0.25) is 11.6 Å². The first kappa shape index (κ1) is 10.2. The Morgan fingerprint density at radius 3 is 1.80 bits per heavy atom. The summed E-state index contributed by atoms with van der Waals surface area (Å²) in [6, 6.07) is 0. The molecule has 0 atom stereocenters. The molecule has 3 aliphatic rings. The molecule has 0 aromatic carbocycles. The van der Waals surface area contributed by atoms with Crippen molar-refractivity contribution in [1.82, 2.24) is 0 Å². The lowest BCUT2D eigenvalue weighted by Crippen LogP contribution is -2.30. The van der Waals surface area contributed by atoms with Crippen LogP contribution in [0, 0.1) is 0 Å². The Balaban J connectivity index is 1.74. The maximum absolute atomic E-state index is 6.42. The molecule has 0 amide bonds. The van der Waals surface area contributed by atoms with Crippen LogP contribution >= 0.6 is 0 Å². The minimum Gasteiger partial charge on any atom is -0.433 e. The van der Waals surface area contributed by atoms with Crippen LogP contribution in [-0.4, -0.2) is 13.0 Å². The number of rotatable bonds is 1. The summed E-state index contributed by atoms with van der Waals surface area (Å²) >= 11 is 0. The van der Waals surface area contributed by atoms with E-state index in [9.17, 15) is 0 Å². The van der Waals surface area contributed by atoms with Crippen molar-refractivity contribution in [2.45, 2.75) is 81.9 Å². The molecule has 84 valence electrons. The molecule has 1 aliphatic carbocycles. The Kier molecular flexibility index (Phi) is 3.05. The molecule has 15 heavy (non-hydrogen) atoms. The van der Waals surface area contributed by atoms with Gasteiger partial charge in [-0.15, -0.1) is 0 Å². The normalized spacial score (nSPS) is 38.0. The fourth-order valence-corrected chi connectivity index (χ4v) is 4.08. The van der Waals surface area contributed by atoms with Crippen molar-refractivity contribution in [3.63, 3.8) is 0 Å². The highest BCUT2D eigenvalue weighted by Crippen LogP contribution is 2.45. The summed E-state index contributed by atoms with van der Waals surface area (Å²) in [5.74, 6) is 1.84. The van der Waals surface area contributed by atoms with E-state index in [1.54, 1.807) is 0 Å². The minimum absolute atomic E-state index is 0.628. The van der Waals surface area contributed by atoms with E-state index in [1.165, 1.54) is 64.2 Å². The Morgan fingerprint density at radius 1 is 0.667 bits per heavy atom. The van der Waals surface area contributed by atoms with E-state index in [-0.39, 0.29) is 0 Å². The van der Waals surface area contributed by atoms with Crippen LogP contribution in [0.3, 0.4) is 0 Å². The van der Waals surface area contributed by atoms with Crippen molar-refractivity contribution in [1.29, 1.82) is 0 Å². The molecule has 3 rings (SSSR count). The maximum Gasteiger partial charge on any atom is 0.299 e. The van der Waals surface area contributed by atoms with Gasteiger partial charge in [-0.25, -0.2) is 0 Å². The average molecular weight is 206 g/mol. The van der Waals surface area contributed by atoms with Gasteiger partial charge in [0.05, 0.1) is 0 Å². The molecule has 2 heteroatoms. The van der Waals surface area contributed by atoms with Crippen LogP contribution in [0.25, 0.3) is 0 Å². The maximum atomic E-state index is 6.42. The van der Waals surface area contributed by atoms with Crippen molar-refractivity contribution in [3.05, 3.63) is 0 Å². The fraction of sp³-hybridized carbons (Fsp3) is 1.00. The van der Waals surface area contributed by atoms with Crippen molar-refractivity contribution in [3.8, 4) is 0 Å². The van der Waals surface area contributed by atoms with E-state index < -0.39 is 0 Å². The third-order valence-electron chi connectivity index (χ3n) is 4.88. The highest BCUT2D eigenvalue weighted by atomic mass is 16.4. The van der Waals surface area contributed by atoms with Crippen LogP contribution in [0.4, 0.5) is 0 Å². The topological polar surface area (TPSA) is 9.23 Å². The second kappa shape index (κ2) is 4.49. The molecule has 2 bridgehead atoms. The van der Waals surface area contributed by atoms with Crippen LogP contribution in [0.5, 0.6) is 0 Å². The van der Waals surface area contributed by atoms with Crippen LogP contribution in [0.15, 0.2) is 0 Å². The van der Waals surface area contributed by atoms with E-state index in [0.29, 0.717) is 13.0 Å². The predicted molar refractivity (Wildman–Crippen MR) is 64.3 cm³/mol. The van der Waals surface area contributed by atoms with Gasteiger partial charge < -0.3 is 4.65 Å². The SMILES string of the molecule is C1CCC(B2OC3CCCC2CCC3)C1. The molecule has 0 aromatic heterocycles. The van der Waals surface area contributed by atoms with Crippen molar-refractivity contribution >= 4 is 6.92 Å². The van der Waals surface area contributed by atoms with E-state index >= 15 is 0 Å². The lowest BCUT2D eigenvalue weighted by Gasteiger charge is -2.25. The summed E-state index contributed by atoms with van der Waals surface area (Å²) < 4.78 is 6.42. The van der Waals surface area contributed by atoms with Gasteiger partial charge in [-0.1, -0.05) is 51.4 Å². The van der Waals surface area contributed by atoms with Crippen molar-refractivity contribution in [2.75, 3.05) is 0 Å². The summed E-state index contributed by atoms with van der Waals surface area (Å²) in [6.45, 7) is 0.655. The zero-order valence-electron chi connectivity index (χ0n) is 9.79. The number of hydrogen-bond acceptors (Lipinski definition) is 1. The van der Waals surface area contributed by atoms with Crippen molar-refractivity contribution < 1.29 is 4.65 Å². The van der Waals surface area contributed by atoms with Gasteiger partial charge in [0, 0.05) is 6.10 Å². The largest absolute Gasteiger partial charge is 0.433 e. The standard InChI is InChI=1S/C13H23BO/c1-2-6-11(5-1)14-12-7-3-9-13(15-14)10-4-8-12/h11-13H,1-10H2. The molecular formula is C13H23BO. The van der Waals surface area contributed by atoms with E-state index in [2.05, 4.69) is 0 Å². The molecule has 1 nitrogen and oxygen atoms in total. The molecule has 0 unspecified atom stereocenters. The summed E-state index contributed by atoms with van der Waals surface area (Å²) in [5.41, 5.74) is 0. The van der Waals surface area contributed by atoms with Gasteiger partial charge in [-0.05, 0) is 24.5 Å². The summed E-state index contributed by atoms with van der Waals surface area (Å²) in [6.07, 6.45) is 14.9. The molecule has 0 N–H and O–H groups in total. The molecule has 3 fully saturated rings. The lowest BCUT2D eigenvalue weighted by molar-refractivity contribution is 0.184. The Hall–Kier alpha value is 0.0249. The summed E-state index contributed by atoms with van der Waals surface area (Å²) in [5, 5.41) is 0. The Labute approximate surface area is 94.1 Å². The first-order valence-electron chi connectivity index (χ1n) is 7.09. The zero-order chi connectivity index (χ0) is 10.1. The molecular weight excluding hydrogens is 183 g/mol. The van der Waals surface area contributed by atoms with Gasteiger partial charge in [-0.3, -0.25) is 0 Å². The Bertz CT molecular complexity index is 203. The second-order valence-corrected chi connectivity index (χ2v) is 5.89. The molecule has 2 aliphatic heterocycles. The molecule has 0 spiro atoms. The highest BCUT2D eigenvalue weighted by molar-refractivity contribution is 6.55. The minimum atomic E-state index is 0.628. The molecule has 2 heterocycles. The first-order chi connectivity index (χ1) is 7.43. The second-order valence-electron chi connectivity index (χ2n) is 5.89. The monoisotopic (exact) mass is 206 g/mol. The number of fused-ring (bicyclic) bond motifs is 3. The van der Waals surface area contributed by atoms with Gasteiger partial charge in [0.1, 0.15) is 0 Å². The third kappa shape index (κ3) is 2.11. The van der Waals surface area contributed by atoms with E-state index in [1.807, 2.05) is 0 Å². The molecule has 2 saturated heterocycles. The van der Waals surface area contributed by atoms with Gasteiger partial charge in [0.2, 0.25) is 0 Å². The summed E-state index contributed by atoms with van der Waals surface area (Å²) in [7, 11) is 0. The quantitative estimate of drug-likeness (QED) is 0.588. The van der Waals surface area contributed by atoms with Crippen LogP contribution in [-0.2, 0) is 4.65 Å². The van der Waals surface area contributed by atoms with Gasteiger partial charge >= 0.3 is 0 Å². The van der Waals surface area contributed by atoms with E-state index in [4.69, 9.17) is 4.65 Å². The van der Waals surface area contributed by atoms with Crippen molar-refractivity contribution in [2.24, 2.45) is 0 Å². The van der Waals surface area contributed by atoms with Crippen LogP contribution in [0.1, 0.15) is 64.2 Å². The summed E-state index contributed by atoms with van der Waals surface area (Å²) in [4.78, 5) is 0. The van der Waals surface area contributed by atoms with Crippen LogP contribution < -0.4 is 0 Å². The Morgan fingerprint density at radius 2 is 1.20 bits per heavy atom. The van der Waals surface area contributed by atoms with Gasteiger partial charge in [0.15, 0.2) is 0 Å². The zero-order valence-corrected chi connectivity index (χ0v) is 9.79. The van der Waals surface area contributed by atoms with Gasteiger partial charge in [-0.2, -0.15) is 0 Å². The highest BCUT2D eigenvalue weighted by Gasteiger charge is 2.41. The average Bonchev–Trinajstić information content (AvgIpc) is 2.56. The molecule has 0 aromatic rings. The molecule has 0 radical (unpaired) electrons. The lowest BCUT2D eigenvalue weighted by atomic mass is 9.45. The number of hydrogen-bond donors (Lipinski definition) is 0. The predicted octanol–water partition coefficient (Wildman–Crippen LogP) is 4.05. The third-order valence-corrected chi connectivity index (χ3v) is 4.88. The smallest absolute Gasteiger partial charge is 0.299 e.